The Morgan fingerprint density at radius 2 is 2.06 bits per heavy atom. The van der Waals surface area contributed by atoms with Crippen molar-refractivity contribution in [2.45, 2.75) is 51.5 Å². The smallest absolute Gasteiger partial charge is 0.315 e. The summed E-state index contributed by atoms with van der Waals surface area (Å²) in [5, 5.41) is 14.7. The maximum absolute atomic E-state index is 11.6. The van der Waals surface area contributed by atoms with Crippen molar-refractivity contribution >= 4 is 12.0 Å². The van der Waals surface area contributed by atoms with Gasteiger partial charge in [-0.2, -0.15) is 0 Å². The standard InChI is InChI=1S/C13H22N2O3/c1-9(7-10-3-4-10)15-12(18)14-8-13(11(16)17)5-2-6-13/h9-10H,2-8H2,1H3,(H,16,17)(H2,14,15,18). The molecule has 0 aromatic carbocycles. The van der Waals surface area contributed by atoms with E-state index in [4.69, 9.17) is 5.11 Å². The SMILES string of the molecule is CC(CC1CC1)NC(=O)NCC1(C(=O)O)CCC1. The normalized spacial score (nSPS) is 22.7. The van der Waals surface area contributed by atoms with Gasteiger partial charge in [-0.1, -0.05) is 19.3 Å². The Bertz CT molecular complexity index is 335. The fourth-order valence-electron chi connectivity index (χ4n) is 2.51. The number of amides is 2. The van der Waals surface area contributed by atoms with Crippen LogP contribution in [0.25, 0.3) is 0 Å². The third-order valence-electron chi connectivity index (χ3n) is 4.11. The summed E-state index contributed by atoms with van der Waals surface area (Å²) in [5.74, 6) is -0.0163. The summed E-state index contributed by atoms with van der Waals surface area (Å²) >= 11 is 0. The van der Waals surface area contributed by atoms with Gasteiger partial charge in [-0.15, -0.1) is 0 Å². The number of aliphatic carboxylic acids is 1. The highest BCUT2D eigenvalue weighted by Gasteiger charge is 2.44. The molecule has 2 fully saturated rings. The number of hydrogen-bond acceptors (Lipinski definition) is 2. The molecule has 0 aliphatic heterocycles. The van der Waals surface area contributed by atoms with Crippen molar-refractivity contribution in [3.63, 3.8) is 0 Å². The second kappa shape index (κ2) is 5.16. The van der Waals surface area contributed by atoms with Crippen molar-refractivity contribution in [3.05, 3.63) is 0 Å². The van der Waals surface area contributed by atoms with Gasteiger partial charge in [0.15, 0.2) is 0 Å². The molecular weight excluding hydrogens is 232 g/mol. The molecule has 0 saturated heterocycles. The van der Waals surface area contributed by atoms with E-state index in [-0.39, 0.29) is 18.6 Å². The number of carbonyl (C=O) groups is 2. The van der Waals surface area contributed by atoms with Crippen LogP contribution in [0.4, 0.5) is 4.79 Å². The van der Waals surface area contributed by atoms with Crippen molar-refractivity contribution in [1.82, 2.24) is 10.6 Å². The summed E-state index contributed by atoms with van der Waals surface area (Å²) in [6, 6.07) is -0.0738. The molecule has 0 aromatic rings. The van der Waals surface area contributed by atoms with Gasteiger partial charge in [0, 0.05) is 12.6 Å². The van der Waals surface area contributed by atoms with Gasteiger partial charge < -0.3 is 15.7 Å². The van der Waals surface area contributed by atoms with Crippen LogP contribution in [0.3, 0.4) is 0 Å². The molecular formula is C13H22N2O3. The van der Waals surface area contributed by atoms with Gasteiger partial charge in [0.05, 0.1) is 5.41 Å². The molecule has 0 heterocycles. The number of carbonyl (C=O) groups excluding carboxylic acids is 1. The molecule has 1 unspecified atom stereocenters. The fourth-order valence-corrected chi connectivity index (χ4v) is 2.51. The zero-order valence-electron chi connectivity index (χ0n) is 10.9. The molecule has 3 N–H and O–H groups in total. The molecule has 0 bridgehead atoms. The van der Waals surface area contributed by atoms with Crippen molar-refractivity contribution in [1.29, 1.82) is 0 Å². The molecule has 0 spiro atoms. The van der Waals surface area contributed by atoms with Gasteiger partial charge in [-0.05, 0) is 32.1 Å². The maximum atomic E-state index is 11.6. The lowest BCUT2D eigenvalue weighted by atomic mass is 9.69. The molecule has 0 radical (unpaired) electrons. The average Bonchev–Trinajstić information content (AvgIpc) is 2.98. The Hall–Kier alpha value is -1.26. The van der Waals surface area contributed by atoms with E-state index in [9.17, 15) is 9.59 Å². The van der Waals surface area contributed by atoms with Crippen LogP contribution in [-0.4, -0.2) is 29.7 Å². The lowest BCUT2D eigenvalue weighted by molar-refractivity contribution is -0.153. The molecule has 2 aliphatic carbocycles. The highest BCUT2D eigenvalue weighted by molar-refractivity contribution is 5.78. The summed E-state index contributed by atoms with van der Waals surface area (Å²) in [6.07, 6.45) is 5.84. The van der Waals surface area contributed by atoms with Crippen LogP contribution < -0.4 is 10.6 Å². The van der Waals surface area contributed by atoms with E-state index in [1.165, 1.54) is 12.8 Å². The number of carboxylic acids is 1. The van der Waals surface area contributed by atoms with Crippen LogP contribution in [0.1, 0.15) is 45.4 Å². The predicted molar refractivity (Wildman–Crippen MR) is 67.3 cm³/mol. The number of urea groups is 1. The number of rotatable bonds is 6. The number of nitrogens with one attached hydrogen (secondary N) is 2. The molecule has 5 nitrogen and oxygen atoms in total. The minimum absolute atomic E-state index is 0.166. The Kier molecular flexibility index (Phi) is 3.78. The van der Waals surface area contributed by atoms with E-state index in [0.717, 1.165) is 18.8 Å². The summed E-state index contributed by atoms with van der Waals surface area (Å²) in [4.78, 5) is 22.8. The van der Waals surface area contributed by atoms with E-state index in [1.807, 2.05) is 6.92 Å². The highest BCUT2D eigenvalue weighted by Crippen LogP contribution is 2.40. The minimum atomic E-state index is -0.792. The molecule has 18 heavy (non-hydrogen) atoms. The van der Waals surface area contributed by atoms with Gasteiger partial charge >= 0.3 is 12.0 Å². The van der Waals surface area contributed by atoms with Gasteiger partial charge in [0.25, 0.3) is 0 Å². The lowest BCUT2D eigenvalue weighted by Crippen LogP contribution is -2.50. The zero-order valence-corrected chi connectivity index (χ0v) is 10.9. The molecule has 2 rings (SSSR count). The molecule has 2 saturated carbocycles. The number of hydrogen-bond donors (Lipinski definition) is 3. The Morgan fingerprint density at radius 1 is 1.39 bits per heavy atom. The van der Waals surface area contributed by atoms with Crippen molar-refractivity contribution in [2.75, 3.05) is 6.54 Å². The van der Waals surface area contributed by atoms with Crippen molar-refractivity contribution < 1.29 is 14.7 Å². The van der Waals surface area contributed by atoms with Crippen LogP contribution in [0.5, 0.6) is 0 Å². The van der Waals surface area contributed by atoms with Crippen LogP contribution in [-0.2, 0) is 4.79 Å². The summed E-state index contributed by atoms with van der Waals surface area (Å²) in [6.45, 7) is 2.23. The molecule has 2 aliphatic rings. The van der Waals surface area contributed by atoms with Crippen molar-refractivity contribution in [3.8, 4) is 0 Å². The van der Waals surface area contributed by atoms with Crippen LogP contribution in [0.2, 0.25) is 0 Å². The Balaban J connectivity index is 1.68. The van der Waals surface area contributed by atoms with Crippen LogP contribution in [0.15, 0.2) is 0 Å². The van der Waals surface area contributed by atoms with E-state index in [2.05, 4.69) is 10.6 Å². The van der Waals surface area contributed by atoms with E-state index >= 15 is 0 Å². The minimum Gasteiger partial charge on any atom is -0.481 e. The Labute approximate surface area is 107 Å². The molecule has 1 atom stereocenters. The largest absolute Gasteiger partial charge is 0.481 e. The monoisotopic (exact) mass is 254 g/mol. The highest BCUT2D eigenvalue weighted by atomic mass is 16.4. The quantitative estimate of drug-likeness (QED) is 0.675. The molecule has 2 amide bonds. The number of carboxylic acid groups (broad SMARTS) is 1. The van der Waals surface area contributed by atoms with E-state index < -0.39 is 11.4 Å². The average molecular weight is 254 g/mol. The third kappa shape index (κ3) is 3.15. The van der Waals surface area contributed by atoms with Gasteiger partial charge in [-0.3, -0.25) is 4.79 Å². The second-order valence-corrected chi connectivity index (χ2v) is 5.85. The first kappa shape index (κ1) is 13.2. The topological polar surface area (TPSA) is 78.4 Å². The lowest BCUT2D eigenvalue weighted by Gasteiger charge is -2.37. The molecule has 0 aromatic heterocycles. The predicted octanol–water partition coefficient (Wildman–Crippen LogP) is 1.73. The zero-order chi connectivity index (χ0) is 13.2. The Morgan fingerprint density at radius 3 is 2.50 bits per heavy atom. The van der Waals surface area contributed by atoms with Crippen LogP contribution in [0, 0.1) is 11.3 Å². The van der Waals surface area contributed by atoms with Gasteiger partial charge in [0.1, 0.15) is 0 Å². The summed E-state index contributed by atoms with van der Waals surface area (Å²) in [7, 11) is 0. The van der Waals surface area contributed by atoms with Crippen molar-refractivity contribution in [2.24, 2.45) is 11.3 Å². The first-order valence-corrected chi connectivity index (χ1v) is 6.80. The first-order chi connectivity index (χ1) is 8.52. The third-order valence-corrected chi connectivity index (χ3v) is 4.11. The first-order valence-electron chi connectivity index (χ1n) is 6.80. The molecule has 102 valence electrons. The summed E-state index contributed by atoms with van der Waals surface area (Å²) in [5.41, 5.74) is -0.711. The molecule has 5 heteroatoms. The summed E-state index contributed by atoms with van der Waals surface area (Å²) < 4.78 is 0. The van der Waals surface area contributed by atoms with Crippen LogP contribution >= 0.6 is 0 Å². The van der Waals surface area contributed by atoms with E-state index in [0.29, 0.717) is 12.8 Å². The van der Waals surface area contributed by atoms with Gasteiger partial charge in [0.2, 0.25) is 0 Å². The second-order valence-electron chi connectivity index (χ2n) is 5.85. The van der Waals surface area contributed by atoms with E-state index in [1.54, 1.807) is 0 Å². The fraction of sp³-hybridized carbons (Fsp3) is 0.846. The van der Waals surface area contributed by atoms with Gasteiger partial charge in [-0.25, -0.2) is 4.79 Å². The maximum Gasteiger partial charge on any atom is 0.315 e.